The molecule has 2 aromatic carbocycles. The van der Waals surface area contributed by atoms with Gasteiger partial charge in [-0.1, -0.05) is 41.6 Å². The Balaban J connectivity index is 1.54. The molecule has 0 atom stereocenters. The second-order valence-corrected chi connectivity index (χ2v) is 7.83. The minimum absolute atomic E-state index is 0.0466. The molecule has 1 amide bonds. The maximum absolute atomic E-state index is 12.2. The van der Waals surface area contributed by atoms with Crippen LogP contribution in [0.2, 0.25) is 5.02 Å². The summed E-state index contributed by atoms with van der Waals surface area (Å²) in [5, 5.41) is 12.8. The Kier molecular flexibility index (Phi) is 7.93. The number of hydrogen-bond acceptors (Lipinski definition) is 5. The van der Waals surface area contributed by atoms with Crippen molar-refractivity contribution in [1.82, 2.24) is 20.1 Å². The zero-order valence-corrected chi connectivity index (χ0v) is 18.2. The van der Waals surface area contributed by atoms with Crippen molar-refractivity contribution in [3.63, 3.8) is 0 Å². The van der Waals surface area contributed by atoms with E-state index >= 15 is 0 Å². The number of amides is 1. The lowest BCUT2D eigenvalue weighted by Gasteiger charge is -2.08. The van der Waals surface area contributed by atoms with Crippen LogP contribution in [-0.2, 0) is 17.8 Å². The molecule has 0 saturated heterocycles. The average molecular weight is 443 g/mol. The molecule has 0 radical (unpaired) electrons. The summed E-state index contributed by atoms with van der Waals surface area (Å²) in [5.74, 6) is 1.75. The van der Waals surface area contributed by atoms with E-state index < -0.39 is 0 Å². The highest BCUT2D eigenvalue weighted by atomic mass is 35.5. The maximum Gasteiger partial charge on any atom is 0.230 e. The number of nitrogens with one attached hydrogen (secondary N) is 1. The molecule has 3 aromatic rings. The molecule has 0 spiro atoms. The third-order valence-corrected chi connectivity index (χ3v) is 5.58. The summed E-state index contributed by atoms with van der Waals surface area (Å²) in [5.41, 5.74) is 2.05. The zero-order chi connectivity index (χ0) is 21.3. The number of carbonyl (C=O) groups is 1. The van der Waals surface area contributed by atoms with Gasteiger partial charge in [0.2, 0.25) is 5.91 Å². The van der Waals surface area contributed by atoms with E-state index in [1.807, 2.05) is 53.1 Å². The van der Waals surface area contributed by atoms with Crippen LogP contribution in [0.15, 0.2) is 66.3 Å². The van der Waals surface area contributed by atoms with Crippen molar-refractivity contribution < 1.29 is 9.53 Å². The van der Waals surface area contributed by atoms with Gasteiger partial charge in [0.05, 0.1) is 12.9 Å². The van der Waals surface area contributed by atoms with E-state index in [9.17, 15) is 4.79 Å². The summed E-state index contributed by atoms with van der Waals surface area (Å²) in [6, 6.07) is 15.2. The number of halogens is 1. The average Bonchev–Trinajstić information content (AvgIpc) is 3.16. The van der Waals surface area contributed by atoms with Crippen LogP contribution in [0.1, 0.15) is 5.56 Å². The van der Waals surface area contributed by atoms with E-state index in [2.05, 4.69) is 22.1 Å². The summed E-state index contributed by atoms with van der Waals surface area (Å²) >= 11 is 7.32. The van der Waals surface area contributed by atoms with Crippen LogP contribution >= 0.6 is 23.4 Å². The first-order chi connectivity index (χ1) is 14.6. The number of allylic oxidation sites excluding steroid dienone is 1. The summed E-state index contributed by atoms with van der Waals surface area (Å²) in [6.07, 6.45) is 2.54. The normalized spacial score (nSPS) is 10.6. The third-order valence-electron chi connectivity index (χ3n) is 4.36. The molecule has 0 fully saturated rings. The predicted molar refractivity (Wildman–Crippen MR) is 121 cm³/mol. The highest BCUT2D eigenvalue weighted by molar-refractivity contribution is 7.99. The lowest BCUT2D eigenvalue weighted by molar-refractivity contribution is -0.118. The van der Waals surface area contributed by atoms with Crippen molar-refractivity contribution in [3.8, 4) is 17.1 Å². The van der Waals surface area contributed by atoms with Crippen LogP contribution in [0.4, 0.5) is 0 Å². The van der Waals surface area contributed by atoms with Crippen LogP contribution in [-0.4, -0.2) is 40.1 Å². The van der Waals surface area contributed by atoms with Crippen LogP contribution in [0.25, 0.3) is 11.4 Å². The van der Waals surface area contributed by atoms with Gasteiger partial charge in [-0.05, 0) is 48.4 Å². The molecule has 0 aliphatic carbocycles. The number of rotatable bonds is 10. The Morgan fingerprint density at radius 3 is 2.60 bits per heavy atom. The van der Waals surface area contributed by atoms with Crippen LogP contribution in [0.5, 0.6) is 5.75 Å². The molecule has 1 heterocycles. The predicted octanol–water partition coefficient (Wildman–Crippen LogP) is 4.24. The number of thioether (sulfide) groups is 1. The van der Waals surface area contributed by atoms with Gasteiger partial charge in [0.15, 0.2) is 11.0 Å². The minimum Gasteiger partial charge on any atom is -0.497 e. The Morgan fingerprint density at radius 1 is 1.20 bits per heavy atom. The van der Waals surface area contributed by atoms with Gasteiger partial charge in [-0.15, -0.1) is 16.8 Å². The van der Waals surface area contributed by atoms with Crippen molar-refractivity contribution >= 4 is 29.3 Å². The Bertz CT molecular complexity index is 987. The highest BCUT2D eigenvalue weighted by Gasteiger charge is 2.15. The van der Waals surface area contributed by atoms with E-state index in [0.717, 1.165) is 23.3 Å². The minimum atomic E-state index is -0.0466. The van der Waals surface area contributed by atoms with E-state index in [1.54, 1.807) is 13.2 Å². The first-order valence-electron chi connectivity index (χ1n) is 9.43. The monoisotopic (exact) mass is 442 g/mol. The molecule has 156 valence electrons. The summed E-state index contributed by atoms with van der Waals surface area (Å²) in [7, 11) is 1.64. The number of hydrogen-bond donors (Lipinski definition) is 1. The van der Waals surface area contributed by atoms with Gasteiger partial charge in [-0.3, -0.25) is 9.36 Å². The lowest BCUT2D eigenvalue weighted by atomic mass is 10.1. The van der Waals surface area contributed by atoms with Crippen molar-refractivity contribution in [2.75, 3.05) is 19.4 Å². The number of benzene rings is 2. The van der Waals surface area contributed by atoms with E-state index in [0.29, 0.717) is 29.1 Å². The van der Waals surface area contributed by atoms with Gasteiger partial charge >= 0.3 is 0 Å². The highest BCUT2D eigenvalue weighted by Crippen LogP contribution is 2.25. The van der Waals surface area contributed by atoms with Crippen molar-refractivity contribution in [1.29, 1.82) is 0 Å². The quantitative estimate of drug-likeness (QED) is 0.375. The Labute approximate surface area is 185 Å². The number of carbonyl (C=O) groups excluding carboxylic acids is 1. The Hall–Kier alpha value is -2.77. The van der Waals surface area contributed by atoms with Gasteiger partial charge in [-0.25, -0.2) is 0 Å². The van der Waals surface area contributed by atoms with Gasteiger partial charge in [0.1, 0.15) is 5.75 Å². The van der Waals surface area contributed by atoms with Crippen LogP contribution in [0.3, 0.4) is 0 Å². The largest absolute Gasteiger partial charge is 0.497 e. The molecule has 0 aliphatic heterocycles. The molecule has 3 rings (SSSR count). The smallest absolute Gasteiger partial charge is 0.230 e. The van der Waals surface area contributed by atoms with Crippen LogP contribution in [0, 0.1) is 0 Å². The van der Waals surface area contributed by atoms with Gasteiger partial charge in [0, 0.05) is 23.7 Å². The third kappa shape index (κ3) is 5.87. The molecule has 6 nitrogen and oxygen atoms in total. The number of aromatic nitrogens is 3. The zero-order valence-electron chi connectivity index (χ0n) is 16.7. The summed E-state index contributed by atoms with van der Waals surface area (Å²) in [4.78, 5) is 12.2. The molecule has 30 heavy (non-hydrogen) atoms. The molecule has 0 unspecified atom stereocenters. The first-order valence-corrected chi connectivity index (χ1v) is 10.8. The molecular formula is C22H23ClN4O2S. The number of methoxy groups -OCH3 is 1. The van der Waals surface area contributed by atoms with Gasteiger partial charge in [-0.2, -0.15) is 0 Å². The summed E-state index contributed by atoms with van der Waals surface area (Å²) < 4.78 is 7.09. The lowest BCUT2D eigenvalue weighted by Crippen LogP contribution is -2.27. The SMILES string of the molecule is C=CCn1c(SCC(=O)NCCc2ccc(OC)cc2)nnc1-c1ccc(Cl)cc1. The molecular weight excluding hydrogens is 420 g/mol. The standard InChI is InChI=1S/C22H23ClN4O2S/c1-3-14-27-21(17-6-8-18(23)9-7-17)25-26-22(27)30-15-20(28)24-13-12-16-4-10-19(29-2)11-5-16/h3-11H,1,12-15H2,2H3,(H,24,28). The molecule has 0 aliphatic rings. The molecule has 1 aromatic heterocycles. The Morgan fingerprint density at radius 2 is 1.93 bits per heavy atom. The molecule has 0 bridgehead atoms. The summed E-state index contributed by atoms with van der Waals surface area (Å²) in [6.45, 7) is 4.93. The van der Waals surface area contributed by atoms with Crippen molar-refractivity contribution in [3.05, 3.63) is 71.8 Å². The topological polar surface area (TPSA) is 69.0 Å². The van der Waals surface area contributed by atoms with E-state index in [1.165, 1.54) is 11.8 Å². The number of ether oxygens (including phenoxy) is 1. The second kappa shape index (κ2) is 10.8. The molecule has 1 N–H and O–H groups in total. The second-order valence-electron chi connectivity index (χ2n) is 6.45. The van der Waals surface area contributed by atoms with Crippen molar-refractivity contribution in [2.45, 2.75) is 18.1 Å². The van der Waals surface area contributed by atoms with Crippen molar-refractivity contribution in [2.24, 2.45) is 0 Å². The fraction of sp³-hybridized carbons (Fsp3) is 0.227. The van der Waals surface area contributed by atoms with E-state index in [-0.39, 0.29) is 11.7 Å². The van der Waals surface area contributed by atoms with Gasteiger partial charge < -0.3 is 10.1 Å². The van der Waals surface area contributed by atoms with Gasteiger partial charge in [0.25, 0.3) is 0 Å². The van der Waals surface area contributed by atoms with Crippen LogP contribution < -0.4 is 10.1 Å². The first kappa shape index (κ1) is 21.9. The maximum atomic E-state index is 12.2. The van der Waals surface area contributed by atoms with E-state index in [4.69, 9.17) is 16.3 Å². The molecule has 8 heteroatoms. The number of nitrogens with zero attached hydrogens (tertiary/aromatic N) is 3. The molecule has 0 saturated carbocycles. The fourth-order valence-corrected chi connectivity index (χ4v) is 3.72. The fourth-order valence-electron chi connectivity index (χ4n) is 2.82.